The van der Waals surface area contributed by atoms with Crippen LogP contribution in [0, 0.1) is 0 Å². The highest BCUT2D eigenvalue weighted by molar-refractivity contribution is 4.55. The van der Waals surface area contributed by atoms with Gasteiger partial charge in [-0.25, -0.2) is 0 Å². The van der Waals surface area contributed by atoms with Crippen LogP contribution in [0.5, 0.6) is 0 Å². The van der Waals surface area contributed by atoms with Gasteiger partial charge in [0, 0.05) is 0 Å². The van der Waals surface area contributed by atoms with Gasteiger partial charge in [0.2, 0.25) is 0 Å². The molecule has 0 aliphatic rings. The van der Waals surface area contributed by atoms with E-state index in [9.17, 15) is 0 Å². The van der Waals surface area contributed by atoms with E-state index in [1.54, 1.807) is 0 Å². The second-order valence-electron chi connectivity index (χ2n) is 3.14. The van der Waals surface area contributed by atoms with Crippen LogP contribution in [0.4, 0.5) is 0 Å². The molecule has 0 bridgehead atoms. The highest BCUT2D eigenvalue weighted by Gasteiger charge is 1.99. The average Bonchev–Trinajstić information content (AvgIpc) is 2.27. The molecule has 0 radical (unpaired) electrons. The van der Waals surface area contributed by atoms with Crippen molar-refractivity contribution >= 4 is 0 Å². The topological polar surface area (TPSA) is 57.2 Å². The molecule has 0 aromatic rings. The summed E-state index contributed by atoms with van der Waals surface area (Å²) in [5.41, 5.74) is 0. The van der Waals surface area contributed by atoms with Crippen molar-refractivity contribution in [2.75, 3.05) is 46.2 Å². The molecule has 0 aromatic carbocycles. The molecule has 16 heavy (non-hydrogen) atoms. The standard InChI is InChI=1S/C11H22O5/c1-3-16-11(2)10-15-9-8-14-7-6-13-5-4-12/h3,11-12H,1,4-10H2,2H3. The molecule has 1 atom stereocenters. The van der Waals surface area contributed by atoms with E-state index in [1.807, 2.05) is 6.92 Å². The summed E-state index contributed by atoms with van der Waals surface area (Å²) >= 11 is 0. The molecule has 0 aromatic heterocycles. The predicted molar refractivity (Wildman–Crippen MR) is 60.3 cm³/mol. The molecule has 0 aliphatic carbocycles. The van der Waals surface area contributed by atoms with Gasteiger partial charge in [-0.05, 0) is 6.92 Å². The van der Waals surface area contributed by atoms with Crippen LogP contribution in [0.1, 0.15) is 6.92 Å². The fraction of sp³-hybridized carbons (Fsp3) is 0.818. The quantitative estimate of drug-likeness (QED) is 0.395. The Kier molecular flexibility index (Phi) is 12.0. The monoisotopic (exact) mass is 234 g/mol. The third-order valence-electron chi connectivity index (χ3n) is 1.66. The first kappa shape index (κ1) is 15.4. The molecule has 1 unspecified atom stereocenters. The summed E-state index contributed by atoms with van der Waals surface area (Å²) in [7, 11) is 0. The van der Waals surface area contributed by atoms with E-state index in [0.717, 1.165) is 0 Å². The zero-order chi connectivity index (χ0) is 12.1. The minimum atomic E-state index is 0.0189. The van der Waals surface area contributed by atoms with Gasteiger partial charge in [0.25, 0.3) is 0 Å². The maximum absolute atomic E-state index is 8.43. The molecule has 0 saturated heterocycles. The van der Waals surface area contributed by atoms with Crippen molar-refractivity contribution in [1.29, 1.82) is 0 Å². The van der Waals surface area contributed by atoms with E-state index < -0.39 is 0 Å². The van der Waals surface area contributed by atoms with Crippen molar-refractivity contribution in [3.05, 3.63) is 12.8 Å². The van der Waals surface area contributed by atoms with Gasteiger partial charge >= 0.3 is 0 Å². The van der Waals surface area contributed by atoms with E-state index in [2.05, 4.69) is 6.58 Å². The van der Waals surface area contributed by atoms with Crippen molar-refractivity contribution in [2.45, 2.75) is 13.0 Å². The molecule has 1 N–H and O–H groups in total. The van der Waals surface area contributed by atoms with Gasteiger partial charge in [-0.15, -0.1) is 0 Å². The molecular weight excluding hydrogens is 212 g/mol. The third-order valence-corrected chi connectivity index (χ3v) is 1.66. The first-order valence-corrected chi connectivity index (χ1v) is 5.41. The fourth-order valence-electron chi connectivity index (χ4n) is 0.957. The van der Waals surface area contributed by atoms with E-state index in [1.165, 1.54) is 6.26 Å². The van der Waals surface area contributed by atoms with Crippen molar-refractivity contribution in [3.8, 4) is 0 Å². The van der Waals surface area contributed by atoms with Crippen LogP contribution in [0.25, 0.3) is 0 Å². The lowest BCUT2D eigenvalue weighted by Gasteiger charge is -2.11. The van der Waals surface area contributed by atoms with E-state index in [0.29, 0.717) is 39.6 Å². The lowest BCUT2D eigenvalue weighted by Crippen LogP contribution is -2.16. The lowest BCUT2D eigenvalue weighted by molar-refractivity contribution is -0.0117. The Bertz CT molecular complexity index is 151. The SMILES string of the molecule is C=COC(C)COCCOCCOCCO. The molecule has 5 heteroatoms. The Hall–Kier alpha value is -0.620. The zero-order valence-electron chi connectivity index (χ0n) is 9.89. The van der Waals surface area contributed by atoms with Crippen LogP contribution in [-0.2, 0) is 18.9 Å². The van der Waals surface area contributed by atoms with E-state index >= 15 is 0 Å². The second-order valence-corrected chi connectivity index (χ2v) is 3.14. The van der Waals surface area contributed by atoms with Crippen LogP contribution >= 0.6 is 0 Å². The van der Waals surface area contributed by atoms with Crippen molar-refractivity contribution < 1.29 is 24.1 Å². The first-order valence-electron chi connectivity index (χ1n) is 5.41. The molecular formula is C11H22O5. The highest BCUT2D eigenvalue weighted by Crippen LogP contribution is 1.91. The van der Waals surface area contributed by atoms with Crippen LogP contribution < -0.4 is 0 Å². The predicted octanol–water partition coefficient (Wildman–Crippen LogP) is 0.577. The summed E-state index contributed by atoms with van der Waals surface area (Å²) in [4.78, 5) is 0. The maximum atomic E-state index is 8.43. The van der Waals surface area contributed by atoms with Gasteiger partial charge in [-0.1, -0.05) is 6.58 Å². The molecule has 96 valence electrons. The van der Waals surface area contributed by atoms with Gasteiger partial charge in [0.1, 0.15) is 6.10 Å². The smallest absolute Gasteiger partial charge is 0.118 e. The summed E-state index contributed by atoms with van der Waals surface area (Å²) in [6.45, 7) is 8.37. The van der Waals surface area contributed by atoms with Gasteiger partial charge in [0.05, 0.1) is 52.5 Å². The minimum absolute atomic E-state index is 0.0189. The largest absolute Gasteiger partial charge is 0.497 e. The lowest BCUT2D eigenvalue weighted by atomic mass is 10.4. The summed E-state index contributed by atoms with van der Waals surface area (Å²) in [6.07, 6.45) is 1.42. The molecule has 0 aliphatic heterocycles. The molecule has 0 amide bonds. The Morgan fingerprint density at radius 1 is 1.06 bits per heavy atom. The first-order chi connectivity index (χ1) is 7.81. The molecule has 0 rings (SSSR count). The normalized spacial score (nSPS) is 12.4. The Balaban J connectivity index is 3.00. The number of hydrogen-bond donors (Lipinski definition) is 1. The number of rotatable bonds is 12. The van der Waals surface area contributed by atoms with E-state index in [-0.39, 0.29) is 12.7 Å². The maximum Gasteiger partial charge on any atom is 0.118 e. The highest BCUT2D eigenvalue weighted by atomic mass is 16.6. The summed E-state index contributed by atoms with van der Waals surface area (Å²) in [5.74, 6) is 0. The summed E-state index contributed by atoms with van der Waals surface area (Å²) in [6, 6.07) is 0. The Morgan fingerprint density at radius 3 is 2.19 bits per heavy atom. The van der Waals surface area contributed by atoms with Gasteiger partial charge in [-0.2, -0.15) is 0 Å². The molecule has 5 nitrogen and oxygen atoms in total. The Morgan fingerprint density at radius 2 is 1.62 bits per heavy atom. The van der Waals surface area contributed by atoms with Crippen LogP contribution in [0.3, 0.4) is 0 Å². The number of aliphatic hydroxyl groups excluding tert-OH is 1. The Labute approximate surface area is 96.9 Å². The summed E-state index contributed by atoms with van der Waals surface area (Å²) in [5, 5.41) is 8.43. The fourth-order valence-corrected chi connectivity index (χ4v) is 0.957. The number of hydrogen-bond acceptors (Lipinski definition) is 5. The number of ether oxygens (including phenoxy) is 4. The van der Waals surface area contributed by atoms with Crippen LogP contribution in [-0.4, -0.2) is 57.5 Å². The van der Waals surface area contributed by atoms with Gasteiger partial charge in [0.15, 0.2) is 0 Å². The third kappa shape index (κ3) is 11.5. The average molecular weight is 234 g/mol. The van der Waals surface area contributed by atoms with Crippen LogP contribution in [0.15, 0.2) is 12.8 Å². The van der Waals surface area contributed by atoms with E-state index in [4.69, 9.17) is 24.1 Å². The molecule has 0 saturated carbocycles. The van der Waals surface area contributed by atoms with Gasteiger partial charge in [-0.3, -0.25) is 0 Å². The second kappa shape index (κ2) is 12.4. The molecule has 0 fully saturated rings. The summed E-state index contributed by atoms with van der Waals surface area (Å²) < 4.78 is 20.6. The van der Waals surface area contributed by atoms with Crippen LogP contribution in [0.2, 0.25) is 0 Å². The zero-order valence-corrected chi connectivity index (χ0v) is 9.89. The van der Waals surface area contributed by atoms with Crippen molar-refractivity contribution in [3.63, 3.8) is 0 Å². The minimum Gasteiger partial charge on any atom is -0.497 e. The van der Waals surface area contributed by atoms with Gasteiger partial charge < -0.3 is 24.1 Å². The molecule has 0 heterocycles. The van der Waals surface area contributed by atoms with Crippen molar-refractivity contribution in [1.82, 2.24) is 0 Å². The molecule has 0 spiro atoms. The number of aliphatic hydroxyl groups is 1. The van der Waals surface area contributed by atoms with Crippen molar-refractivity contribution in [2.24, 2.45) is 0 Å².